The normalized spacial score (nSPS) is 10.8. The lowest BCUT2D eigenvalue weighted by atomic mass is 10.2. The molecular weight excluding hydrogens is 461 g/mol. The minimum absolute atomic E-state index is 0. The number of hydrogen-bond donors (Lipinski definition) is 2. The van der Waals surface area contributed by atoms with Crippen LogP contribution >= 0.6 is 35.3 Å². The molecule has 0 atom stereocenters. The first kappa shape index (κ1) is 22.4. The molecule has 6 nitrogen and oxygen atoms in total. The minimum Gasteiger partial charge on any atom is -0.357 e. The van der Waals surface area contributed by atoms with Gasteiger partial charge in [0.05, 0.1) is 17.7 Å². The van der Waals surface area contributed by atoms with Crippen molar-refractivity contribution in [3.05, 3.63) is 52.0 Å². The van der Waals surface area contributed by atoms with Crippen molar-refractivity contribution in [2.75, 3.05) is 26.7 Å². The van der Waals surface area contributed by atoms with Crippen molar-refractivity contribution in [3.8, 4) is 0 Å². The molecule has 0 aliphatic rings. The summed E-state index contributed by atoms with van der Waals surface area (Å²) in [6.07, 6.45) is 0. The van der Waals surface area contributed by atoms with Crippen LogP contribution in [0.15, 0.2) is 40.8 Å². The summed E-state index contributed by atoms with van der Waals surface area (Å²) in [7, 11) is 2.01. The van der Waals surface area contributed by atoms with E-state index in [1.807, 2.05) is 39.1 Å². The molecule has 2 rings (SSSR count). The Bertz CT molecular complexity index is 705. The summed E-state index contributed by atoms with van der Waals surface area (Å²) in [6, 6.07) is 10.3. The highest BCUT2D eigenvalue weighted by molar-refractivity contribution is 14.0. The standard InChI is InChI=1S/C18H25N5OS.HI/c1-4-19-18(23(3)12-15-8-6-5-7-9-15)21-11-10-20-17(24)16-14(2)22-13-25-16;/h5-9,13H,4,10-12H2,1-3H3,(H,19,21)(H,20,24);1H. The number of aliphatic imine (C=N–C) groups is 1. The van der Waals surface area contributed by atoms with Crippen molar-refractivity contribution in [2.24, 2.45) is 4.99 Å². The van der Waals surface area contributed by atoms with Crippen LogP contribution in [0.3, 0.4) is 0 Å². The monoisotopic (exact) mass is 487 g/mol. The lowest BCUT2D eigenvalue weighted by molar-refractivity contribution is 0.0958. The van der Waals surface area contributed by atoms with Gasteiger partial charge in [0.15, 0.2) is 5.96 Å². The fraction of sp³-hybridized carbons (Fsp3) is 0.389. The Morgan fingerprint density at radius 1 is 1.27 bits per heavy atom. The number of benzene rings is 1. The van der Waals surface area contributed by atoms with Gasteiger partial charge < -0.3 is 15.5 Å². The quantitative estimate of drug-likeness (QED) is 0.273. The van der Waals surface area contributed by atoms with Gasteiger partial charge in [-0.05, 0) is 19.4 Å². The Hall–Kier alpha value is -1.68. The highest BCUT2D eigenvalue weighted by Gasteiger charge is 2.11. The van der Waals surface area contributed by atoms with E-state index in [0.29, 0.717) is 18.0 Å². The largest absolute Gasteiger partial charge is 0.357 e. The third-order valence-corrected chi connectivity index (χ3v) is 4.50. The Morgan fingerprint density at radius 3 is 2.62 bits per heavy atom. The summed E-state index contributed by atoms with van der Waals surface area (Å²) in [5.74, 6) is 0.743. The maximum Gasteiger partial charge on any atom is 0.263 e. The Morgan fingerprint density at radius 2 is 2.00 bits per heavy atom. The molecule has 8 heteroatoms. The minimum atomic E-state index is -0.0853. The molecular formula is C18H26IN5OS. The molecule has 0 unspecified atom stereocenters. The van der Waals surface area contributed by atoms with E-state index in [0.717, 1.165) is 24.7 Å². The molecule has 0 spiro atoms. The molecule has 0 saturated heterocycles. The molecule has 0 aliphatic carbocycles. The van der Waals surface area contributed by atoms with E-state index in [1.54, 1.807) is 5.51 Å². The molecule has 0 bridgehead atoms. The zero-order valence-electron chi connectivity index (χ0n) is 15.4. The molecule has 1 aromatic carbocycles. The molecule has 1 amide bonds. The topological polar surface area (TPSA) is 69.6 Å². The van der Waals surface area contributed by atoms with Crippen molar-refractivity contribution in [1.82, 2.24) is 20.5 Å². The third kappa shape index (κ3) is 6.91. The van der Waals surface area contributed by atoms with E-state index in [-0.39, 0.29) is 29.9 Å². The van der Waals surface area contributed by atoms with Gasteiger partial charge in [0.2, 0.25) is 0 Å². The van der Waals surface area contributed by atoms with Crippen LogP contribution in [-0.2, 0) is 6.54 Å². The maximum absolute atomic E-state index is 12.1. The fourth-order valence-electron chi connectivity index (χ4n) is 2.33. The van der Waals surface area contributed by atoms with E-state index in [4.69, 9.17) is 0 Å². The first-order chi connectivity index (χ1) is 12.1. The van der Waals surface area contributed by atoms with Crippen molar-refractivity contribution in [3.63, 3.8) is 0 Å². The zero-order chi connectivity index (χ0) is 18.1. The average Bonchev–Trinajstić information content (AvgIpc) is 3.04. The number of carbonyl (C=O) groups excluding carboxylic acids is 1. The van der Waals surface area contributed by atoms with Crippen LogP contribution in [0.1, 0.15) is 27.9 Å². The first-order valence-electron chi connectivity index (χ1n) is 8.33. The molecule has 2 aromatic rings. The summed E-state index contributed by atoms with van der Waals surface area (Å²) in [5.41, 5.74) is 3.68. The number of halogens is 1. The number of hydrogen-bond acceptors (Lipinski definition) is 4. The predicted octanol–water partition coefficient (Wildman–Crippen LogP) is 2.90. The molecule has 26 heavy (non-hydrogen) atoms. The van der Waals surface area contributed by atoms with Crippen molar-refractivity contribution < 1.29 is 4.79 Å². The number of carbonyl (C=O) groups is 1. The van der Waals surface area contributed by atoms with Crippen LogP contribution in [0.25, 0.3) is 0 Å². The number of nitrogens with one attached hydrogen (secondary N) is 2. The van der Waals surface area contributed by atoms with Gasteiger partial charge in [0, 0.05) is 26.7 Å². The van der Waals surface area contributed by atoms with Gasteiger partial charge in [-0.1, -0.05) is 30.3 Å². The molecule has 0 aliphatic heterocycles. The van der Waals surface area contributed by atoms with E-state index < -0.39 is 0 Å². The summed E-state index contributed by atoms with van der Waals surface area (Å²) >= 11 is 1.36. The number of rotatable bonds is 7. The van der Waals surface area contributed by atoms with Crippen LogP contribution in [-0.4, -0.2) is 48.4 Å². The predicted molar refractivity (Wildman–Crippen MR) is 118 cm³/mol. The SMILES string of the molecule is CCNC(=NCCNC(=O)c1scnc1C)N(C)Cc1ccccc1.I. The fourth-order valence-corrected chi connectivity index (χ4v) is 3.05. The second-order valence-corrected chi connectivity index (χ2v) is 6.45. The molecule has 1 aromatic heterocycles. The number of amides is 1. The summed E-state index contributed by atoms with van der Waals surface area (Å²) in [5, 5.41) is 6.17. The Labute approximate surface area is 176 Å². The van der Waals surface area contributed by atoms with Crippen molar-refractivity contribution in [1.29, 1.82) is 0 Å². The molecule has 0 radical (unpaired) electrons. The Balaban J connectivity index is 0.00000338. The second kappa shape index (κ2) is 11.8. The van der Waals surface area contributed by atoms with Crippen LogP contribution in [0.2, 0.25) is 0 Å². The van der Waals surface area contributed by atoms with Crippen LogP contribution in [0.5, 0.6) is 0 Å². The molecule has 2 N–H and O–H groups in total. The van der Waals surface area contributed by atoms with Crippen LogP contribution in [0.4, 0.5) is 0 Å². The highest BCUT2D eigenvalue weighted by atomic mass is 127. The van der Waals surface area contributed by atoms with Gasteiger partial charge in [-0.15, -0.1) is 35.3 Å². The van der Waals surface area contributed by atoms with Crippen LogP contribution in [0, 0.1) is 6.92 Å². The van der Waals surface area contributed by atoms with E-state index in [2.05, 4.69) is 37.6 Å². The van der Waals surface area contributed by atoms with E-state index in [9.17, 15) is 4.79 Å². The number of guanidine groups is 1. The van der Waals surface area contributed by atoms with Gasteiger partial charge >= 0.3 is 0 Å². The molecule has 1 heterocycles. The lowest BCUT2D eigenvalue weighted by Crippen LogP contribution is -2.39. The zero-order valence-corrected chi connectivity index (χ0v) is 18.5. The second-order valence-electron chi connectivity index (χ2n) is 5.60. The van der Waals surface area contributed by atoms with Gasteiger partial charge in [0.25, 0.3) is 5.91 Å². The third-order valence-electron chi connectivity index (χ3n) is 3.57. The number of nitrogens with zero attached hydrogens (tertiary/aromatic N) is 3. The van der Waals surface area contributed by atoms with Gasteiger partial charge in [-0.2, -0.15) is 0 Å². The summed E-state index contributed by atoms with van der Waals surface area (Å²) in [6.45, 7) is 6.46. The van der Waals surface area contributed by atoms with Crippen LogP contribution < -0.4 is 10.6 Å². The highest BCUT2D eigenvalue weighted by Crippen LogP contribution is 2.11. The number of thiazole rings is 1. The lowest BCUT2D eigenvalue weighted by Gasteiger charge is -2.22. The number of aromatic nitrogens is 1. The smallest absolute Gasteiger partial charge is 0.263 e. The van der Waals surface area contributed by atoms with Gasteiger partial charge in [0.1, 0.15) is 4.88 Å². The first-order valence-corrected chi connectivity index (χ1v) is 9.21. The summed E-state index contributed by atoms with van der Waals surface area (Å²) in [4.78, 5) is 23.5. The van der Waals surface area contributed by atoms with Gasteiger partial charge in [-0.3, -0.25) is 9.79 Å². The molecule has 142 valence electrons. The van der Waals surface area contributed by atoms with E-state index >= 15 is 0 Å². The Kier molecular flexibility index (Phi) is 10.2. The average molecular weight is 487 g/mol. The number of aryl methyl sites for hydroxylation is 1. The van der Waals surface area contributed by atoms with Gasteiger partial charge in [-0.25, -0.2) is 4.98 Å². The summed E-state index contributed by atoms with van der Waals surface area (Å²) < 4.78 is 0. The molecule has 0 fully saturated rings. The maximum atomic E-state index is 12.1. The molecule has 0 saturated carbocycles. The van der Waals surface area contributed by atoms with Crippen molar-refractivity contribution >= 4 is 47.2 Å². The van der Waals surface area contributed by atoms with E-state index in [1.165, 1.54) is 16.9 Å². The van der Waals surface area contributed by atoms with Crippen molar-refractivity contribution in [2.45, 2.75) is 20.4 Å².